The van der Waals surface area contributed by atoms with Gasteiger partial charge in [0.2, 0.25) is 0 Å². The minimum absolute atomic E-state index is 0.311. The van der Waals surface area contributed by atoms with Gasteiger partial charge in [0.05, 0.1) is 6.10 Å². The third-order valence-electron chi connectivity index (χ3n) is 4.00. The monoisotopic (exact) mass is 352 g/mol. The lowest BCUT2D eigenvalue weighted by Crippen LogP contribution is -2.21. The van der Waals surface area contributed by atoms with Crippen molar-refractivity contribution in [2.45, 2.75) is 19.3 Å². The van der Waals surface area contributed by atoms with E-state index in [0.717, 1.165) is 16.9 Å². The number of benzene rings is 2. The number of halogens is 1. The first-order valence-electron chi connectivity index (χ1n) is 8.46. The Morgan fingerprint density at radius 2 is 1.85 bits per heavy atom. The Hall–Kier alpha value is -2.76. The van der Waals surface area contributed by atoms with Crippen LogP contribution >= 0.6 is 0 Å². The van der Waals surface area contributed by atoms with Crippen LogP contribution < -0.4 is 10.1 Å². The molecule has 1 aromatic heterocycles. The van der Waals surface area contributed by atoms with E-state index in [4.69, 9.17) is 4.74 Å². The zero-order valence-electron chi connectivity index (χ0n) is 14.3. The van der Waals surface area contributed by atoms with Gasteiger partial charge in [-0.05, 0) is 29.8 Å². The fourth-order valence-corrected chi connectivity index (χ4v) is 2.58. The minimum Gasteiger partial charge on any atom is -0.489 e. The van der Waals surface area contributed by atoms with E-state index in [1.807, 2.05) is 36.4 Å². The number of nitrogens with zero attached hydrogens (tertiary/aromatic N) is 1. The molecule has 2 aromatic carbocycles. The largest absolute Gasteiger partial charge is 0.489 e. The van der Waals surface area contributed by atoms with Crippen LogP contribution in [0.4, 0.5) is 4.39 Å². The Bertz CT molecular complexity index is 810. The van der Waals surface area contributed by atoms with Crippen molar-refractivity contribution in [3.63, 3.8) is 0 Å². The summed E-state index contributed by atoms with van der Waals surface area (Å²) in [6.45, 7) is 1.37. The van der Waals surface area contributed by atoms with Crippen molar-refractivity contribution in [3.8, 4) is 5.75 Å². The van der Waals surface area contributed by atoms with Gasteiger partial charge in [0, 0.05) is 36.6 Å². The van der Waals surface area contributed by atoms with Gasteiger partial charge in [-0.2, -0.15) is 0 Å². The number of nitrogens with one attached hydrogen (secondary N) is 1. The third kappa shape index (κ3) is 5.12. The van der Waals surface area contributed by atoms with Crippen LogP contribution in [0.25, 0.3) is 0 Å². The second kappa shape index (κ2) is 9.08. The Labute approximate surface area is 152 Å². The first-order chi connectivity index (χ1) is 12.7. The van der Waals surface area contributed by atoms with E-state index in [9.17, 15) is 9.50 Å². The van der Waals surface area contributed by atoms with Crippen molar-refractivity contribution >= 4 is 0 Å². The van der Waals surface area contributed by atoms with Gasteiger partial charge in [-0.25, -0.2) is 4.39 Å². The van der Waals surface area contributed by atoms with Gasteiger partial charge < -0.3 is 15.2 Å². The first kappa shape index (κ1) is 18.0. The number of pyridine rings is 1. The topological polar surface area (TPSA) is 54.4 Å². The fraction of sp³-hybridized carbons (Fsp3) is 0.190. The number of rotatable bonds is 8. The molecule has 0 saturated heterocycles. The number of hydrogen-bond acceptors (Lipinski definition) is 4. The van der Waals surface area contributed by atoms with E-state index in [-0.39, 0.29) is 5.82 Å². The molecule has 0 aliphatic rings. The third-order valence-corrected chi connectivity index (χ3v) is 4.00. The average molecular weight is 352 g/mol. The Morgan fingerprint density at radius 1 is 1.04 bits per heavy atom. The molecule has 4 nitrogen and oxygen atoms in total. The van der Waals surface area contributed by atoms with Gasteiger partial charge >= 0.3 is 0 Å². The maximum Gasteiger partial charge on any atom is 0.124 e. The summed E-state index contributed by atoms with van der Waals surface area (Å²) in [5.41, 5.74) is 2.68. The number of aliphatic hydroxyl groups excluding tert-OH is 1. The Kier molecular flexibility index (Phi) is 6.30. The molecule has 0 saturated carbocycles. The molecule has 5 heteroatoms. The molecule has 0 aliphatic carbocycles. The molecule has 0 radical (unpaired) electrons. The summed E-state index contributed by atoms with van der Waals surface area (Å²) in [6.07, 6.45) is 2.81. The maximum absolute atomic E-state index is 12.9. The second-order valence-corrected chi connectivity index (χ2v) is 5.96. The number of aromatic nitrogens is 1. The van der Waals surface area contributed by atoms with Crippen molar-refractivity contribution in [2.24, 2.45) is 0 Å². The maximum atomic E-state index is 12.9. The van der Waals surface area contributed by atoms with Gasteiger partial charge in [-0.15, -0.1) is 0 Å². The summed E-state index contributed by atoms with van der Waals surface area (Å²) < 4.78 is 18.8. The summed E-state index contributed by atoms with van der Waals surface area (Å²) in [4.78, 5) is 4.08. The van der Waals surface area contributed by atoms with Crippen LogP contribution in [-0.2, 0) is 13.2 Å². The Morgan fingerprint density at radius 3 is 2.62 bits per heavy atom. The van der Waals surface area contributed by atoms with Crippen molar-refractivity contribution in [1.29, 1.82) is 0 Å². The van der Waals surface area contributed by atoms with E-state index < -0.39 is 6.10 Å². The molecule has 0 fully saturated rings. The molecule has 3 aromatic rings. The zero-order chi connectivity index (χ0) is 18.2. The van der Waals surface area contributed by atoms with Crippen LogP contribution in [0.1, 0.15) is 22.8 Å². The van der Waals surface area contributed by atoms with Gasteiger partial charge in [0.25, 0.3) is 0 Å². The molecule has 0 bridgehead atoms. The van der Waals surface area contributed by atoms with E-state index in [1.54, 1.807) is 24.5 Å². The van der Waals surface area contributed by atoms with Crippen molar-refractivity contribution in [2.75, 3.05) is 6.54 Å². The summed E-state index contributed by atoms with van der Waals surface area (Å²) in [5, 5.41) is 13.4. The molecule has 1 atom stereocenters. The zero-order valence-corrected chi connectivity index (χ0v) is 14.3. The highest BCUT2D eigenvalue weighted by atomic mass is 19.1. The SMILES string of the molecule is OC(CNCc1ccccc1OCc1cccnc1)c1ccc(F)cc1. The molecular formula is C21H21FN2O2. The normalized spacial score (nSPS) is 11.9. The van der Waals surface area contributed by atoms with E-state index in [2.05, 4.69) is 10.3 Å². The number of hydrogen-bond donors (Lipinski definition) is 2. The molecular weight excluding hydrogens is 331 g/mol. The van der Waals surface area contributed by atoms with Crippen LogP contribution in [0.15, 0.2) is 73.1 Å². The van der Waals surface area contributed by atoms with Crippen LogP contribution in [-0.4, -0.2) is 16.6 Å². The van der Waals surface area contributed by atoms with Crippen LogP contribution in [0.5, 0.6) is 5.75 Å². The van der Waals surface area contributed by atoms with Gasteiger partial charge in [0.15, 0.2) is 0 Å². The number of aliphatic hydroxyl groups is 1. The molecule has 134 valence electrons. The summed E-state index contributed by atoms with van der Waals surface area (Å²) in [7, 11) is 0. The Balaban J connectivity index is 1.54. The van der Waals surface area contributed by atoms with Gasteiger partial charge in [-0.3, -0.25) is 4.98 Å². The second-order valence-electron chi connectivity index (χ2n) is 5.96. The van der Waals surface area contributed by atoms with Crippen molar-refractivity contribution in [1.82, 2.24) is 10.3 Å². The minimum atomic E-state index is -0.695. The lowest BCUT2D eigenvalue weighted by molar-refractivity contribution is 0.174. The highest BCUT2D eigenvalue weighted by Gasteiger charge is 2.08. The van der Waals surface area contributed by atoms with Crippen LogP contribution in [0.2, 0.25) is 0 Å². The van der Waals surface area contributed by atoms with E-state index >= 15 is 0 Å². The van der Waals surface area contributed by atoms with Gasteiger partial charge in [0.1, 0.15) is 18.2 Å². The van der Waals surface area contributed by atoms with Crippen molar-refractivity contribution in [3.05, 3.63) is 95.6 Å². The molecule has 26 heavy (non-hydrogen) atoms. The van der Waals surface area contributed by atoms with E-state index in [1.165, 1.54) is 12.1 Å². The van der Waals surface area contributed by atoms with Crippen LogP contribution in [0.3, 0.4) is 0 Å². The molecule has 0 aliphatic heterocycles. The predicted octanol–water partition coefficient (Wildman–Crippen LogP) is 3.62. The quantitative estimate of drug-likeness (QED) is 0.650. The lowest BCUT2D eigenvalue weighted by atomic mass is 10.1. The number of para-hydroxylation sites is 1. The smallest absolute Gasteiger partial charge is 0.124 e. The fourth-order valence-electron chi connectivity index (χ4n) is 2.58. The average Bonchev–Trinajstić information content (AvgIpc) is 2.68. The highest BCUT2D eigenvalue weighted by Crippen LogP contribution is 2.19. The molecule has 0 amide bonds. The standard InChI is InChI=1S/C21H21FN2O2/c22-19-9-7-17(8-10-19)20(25)14-24-13-18-5-1-2-6-21(18)26-15-16-4-3-11-23-12-16/h1-12,20,24-25H,13-15H2. The van der Waals surface area contributed by atoms with E-state index in [0.29, 0.717) is 25.3 Å². The summed E-state index contributed by atoms with van der Waals surface area (Å²) in [6, 6.07) is 17.5. The molecule has 1 heterocycles. The highest BCUT2D eigenvalue weighted by molar-refractivity contribution is 5.33. The molecule has 2 N–H and O–H groups in total. The first-order valence-corrected chi connectivity index (χ1v) is 8.46. The molecule has 3 rings (SSSR count). The molecule has 1 unspecified atom stereocenters. The summed E-state index contributed by atoms with van der Waals surface area (Å²) >= 11 is 0. The van der Waals surface area contributed by atoms with Gasteiger partial charge in [-0.1, -0.05) is 36.4 Å². The van der Waals surface area contributed by atoms with Crippen LogP contribution in [0, 0.1) is 5.82 Å². The van der Waals surface area contributed by atoms with Crippen molar-refractivity contribution < 1.29 is 14.2 Å². The number of ether oxygens (including phenoxy) is 1. The predicted molar refractivity (Wildman–Crippen MR) is 98.1 cm³/mol. The molecule has 0 spiro atoms. The lowest BCUT2D eigenvalue weighted by Gasteiger charge is -2.15. The summed E-state index contributed by atoms with van der Waals surface area (Å²) in [5.74, 6) is 0.480.